The van der Waals surface area contributed by atoms with E-state index in [4.69, 9.17) is 5.84 Å². The second-order valence-corrected chi connectivity index (χ2v) is 5.60. The molecule has 0 aromatic carbocycles. The van der Waals surface area contributed by atoms with Gasteiger partial charge in [-0.1, -0.05) is 6.92 Å². The first-order chi connectivity index (χ1) is 10.2. The second kappa shape index (κ2) is 7.40. The molecule has 1 atom stereocenters. The van der Waals surface area contributed by atoms with E-state index in [0.29, 0.717) is 11.9 Å². The van der Waals surface area contributed by atoms with Crippen LogP contribution in [0.15, 0.2) is 0 Å². The minimum atomic E-state index is 0.430. The van der Waals surface area contributed by atoms with Crippen LogP contribution in [-0.2, 0) is 0 Å². The molecule has 1 aliphatic rings. The Bertz CT molecular complexity index is 447. The topological polar surface area (TPSA) is 83.2 Å². The van der Waals surface area contributed by atoms with Crippen molar-refractivity contribution in [1.29, 1.82) is 0 Å². The fraction of sp³-hybridized carbons (Fsp3) is 0.786. The van der Waals surface area contributed by atoms with E-state index in [1.807, 2.05) is 0 Å². The highest BCUT2D eigenvalue weighted by molar-refractivity contribution is 5.44. The summed E-state index contributed by atoms with van der Waals surface area (Å²) in [5.41, 5.74) is 2.56. The monoisotopic (exact) mass is 293 g/mol. The summed E-state index contributed by atoms with van der Waals surface area (Å²) in [6, 6.07) is 0. The molecular weight excluding hydrogens is 266 g/mol. The normalized spacial score (nSPS) is 19.2. The third kappa shape index (κ3) is 3.93. The summed E-state index contributed by atoms with van der Waals surface area (Å²) in [5, 5.41) is 0. The summed E-state index contributed by atoms with van der Waals surface area (Å²) < 4.78 is 0. The van der Waals surface area contributed by atoms with Gasteiger partial charge in [-0.3, -0.25) is 5.43 Å². The van der Waals surface area contributed by atoms with E-state index in [1.54, 1.807) is 0 Å². The van der Waals surface area contributed by atoms with Gasteiger partial charge in [0.1, 0.15) is 0 Å². The zero-order chi connectivity index (χ0) is 15.2. The van der Waals surface area contributed by atoms with Gasteiger partial charge in [-0.2, -0.15) is 15.0 Å². The minimum absolute atomic E-state index is 0.430. The number of hydrogen-bond acceptors (Lipinski definition) is 7. The summed E-state index contributed by atoms with van der Waals surface area (Å²) >= 11 is 0. The first-order valence-electron chi connectivity index (χ1n) is 7.90. The van der Waals surface area contributed by atoms with Crippen molar-refractivity contribution in [2.24, 2.45) is 11.8 Å². The van der Waals surface area contributed by atoms with Crippen LogP contribution in [0.3, 0.4) is 0 Å². The lowest BCUT2D eigenvalue weighted by atomic mass is 10.0. The average Bonchev–Trinajstić information content (AvgIpc) is 2.73. The number of aromatic nitrogens is 3. The first kappa shape index (κ1) is 15.8. The lowest BCUT2D eigenvalue weighted by molar-refractivity contribution is 0.521. The van der Waals surface area contributed by atoms with Gasteiger partial charge in [0, 0.05) is 26.2 Å². The number of nitrogens with one attached hydrogen (secondary N) is 1. The van der Waals surface area contributed by atoms with Crippen molar-refractivity contribution in [2.45, 2.75) is 40.0 Å². The molecule has 7 nitrogen and oxygen atoms in total. The van der Waals surface area contributed by atoms with Gasteiger partial charge in [-0.15, -0.1) is 0 Å². The maximum absolute atomic E-state index is 5.51. The zero-order valence-corrected chi connectivity index (χ0v) is 13.3. The molecule has 7 heteroatoms. The van der Waals surface area contributed by atoms with Gasteiger partial charge >= 0.3 is 0 Å². The van der Waals surface area contributed by atoms with Crippen LogP contribution >= 0.6 is 0 Å². The largest absolute Gasteiger partial charge is 0.341 e. The van der Waals surface area contributed by atoms with E-state index in [9.17, 15) is 0 Å². The van der Waals surface area contributed by atoms with Crippen molar-refractivity contribution in [2.75, 3.05) is 41.4 Å². The highest BCUT2D eigenvalue weighted by atomic mass is 15.4. The van der Waals surface area contributed by atoms with E-state index < -0.39 is 0 Å². The molecule has 1 saturated heterocycles. The van der Waals surface area contributed by atoms with Crippen molar-refractivity contribution in [3.63, 3.8) is 0 Å². The molecule has 21 heavy (non-hydrogen) atoms. The van der Waals surface area contributed by atoms with Gasteiger partial charge in [0.2, 0.25) is 17.8 Å². The Kier molecular flexibility index (Phi) is 5.55. The molecule has 0 aliphatic carbocycles. The molecule has 1 fully saturated rings. The van der Waals surface area contributed by atoms with E-state index in [-0.39, 0.29) is 0 Å². The third-order valence-corrected chi connectivity index (χ3v) is 4.09. The molecule has 3 N–H and O–H groups in total. The molecule has 2 rings (SSSR count). The van der Waals surface area contributed by atoms with Crippen LogP contribution in [0.4, 0.5) is 17.8 Å². The minimum Gasteiger partial charge on any atom is -0.341 e. The fourth-order valence-electron chi connectivity index (χ4n) is 2.67. The predicted octanol–water partition coefficient (Wildman–Crippen LogP) is 1.63. The molecule has 0 saturated carbocycles. The summed E-state index contributed by atoms with van der Waals surface area (Å²) in [6.45, 7) is 10.2. The summed E-state index contributed by atoms with van der Waals surface area (Å²) in [5.74, 6) is 8.13. The Labute approximate surface area is 126 Å². The number of rotatable bonds is 5. The molecule has 1 unspecified atom stereocenters. The van der Waals surface area contributed by atoms with Crippen molar-refractivity contribution < 1.29 is 0 Å². The highest BCUT2D eigenvalue weighted by Gasteiger charge is 2.19. The maximum Gasteiger partial charge on any atom is 0.243 e. The summed E-state index contributed by atoms with van der Waals surface area (Å²) in [6.07, 6.45) is 3.63. The molecule has 1 aromatic rings. The van der Waals surface area contributed by atoms with Gasteiger partial charge in [-0.25, -0.2) is 5.84 Å². The number of hydrogen-bond donors (Lipinski definition) is 2. The Morgan fingerprint density at radius 1 is 1.19 bits per heavy atom. The number of nitrogens with two attached hydrogens (primary N) is 1. The van der Waals surface area contributed by atoms with Gasteiger partial charge in [0.15, 0.2) is 0 Å². The SMILES string of the molecule is CCN(CC)c1nc(NN)nc(N2CCCC(C)CC2)n1. The van der Waals surface area contributed by atoms with Crippen molar-refractivity contribution >= 4 is 17.8 Å². The van der Waals surface area contributed by atoms with E-state index in [0.717, 1.165) is 38.0 Å². The molecule has 0 spiro atoms. The van der Waals surface area contributed by atoms with Crippen LogP contribution in [0.5, 0.6) is 0 Å². The Morgan fingerprint density at radius 2 is 1.95 bits per heavy atom. The molecule has 2 heterocycles. The fourth-order valence-corrected chi connectivity index (χ4v) is 2.67. The Morgan fingerprint density at radius 3 is 2.62 bits per heavy atom. The molecule has 1 aromatic heterocycles. The average molecular weight is 293 g/mol. The summed E-state index contributed by atoms with van der Waals surface area (Å²) in [7, 11) is 0. The van der Waals surface area contributed by atoms with E-state index in [2.05, 4.69) is 50.9 Å². The second-order valence-electron chi connectivity index (χ2n) is 5.60. The molecular formula is C14H27N7. The first-order valence-corrected chi connectivity index (χ1v) is 7.90. The smallest absolute Gasteiger partial charge is 0.243 e. The van der Waals surface area contributed by atoms with Crippen molar-refractivity contribution in [1.82, 2.24) is 15.0 Å². The van der Waals surface area contributed by atoms with Crippen LogP contribution in [0.25, 0.3) is 0 Å². The quantitative estimate of drug-likeness (QED) is 0.630. The highest BCUT2D eigenvalue weighted by Crippen LogP contribution is 2.22. The Hall–Kier alpha value is -1.63. The maximum atomic E-state index is 5.51. The number of nitrogens with zero attached hydrogens (tertiary/aromatic N) is 5. The van der Waals surface area contributed by atoms with Gasteiger partial charge < -0.3 is 9.80 Å². The predicted molar refractivity (Wildman–Crippen MR) is 86.4 cm³/mol. The van der Waals surface area contributed by atoms with E-state index in [1.165, 1.54) is 19.3 Å². The standard InChI is InChI=1S/C14H27N7/c1-4-20(5-2)13-16-12(19-15)17-14(18-13)21-9-6-7-11(3)8-10-21/h11H,4-10,15H2,1-3H3,(H,16,17,18,19). The van der Waals surface area contributed by atoms with Crippen LogP contribution in [0.2, 0.25) is 0 Å². The molecule has 118 valence electrons. The van der Waals surface area contributed by atoms with Crippen LogP contribution in [-0.4, -0.2) is 41.1 Å². The van der Waals surface area contributed by atoms with Gasteiger partial charge in [0.25, 0.3) is 0 Å². The van der Waals surface area contributed by atoms with E-state index >= 15 is 0 Å². The van der Waals surface area contributed by atoms with Gasteiger partial charge in [0.05, 0.1) is 0 Å². The molecule has 0 radical (unpaired) electrons. The van der Waals surface area contributed by atoms with Crippen LogP contribution < -0.4 is 21.1 Å². The lowest BCUT2D eigenvalue weighted by Gasteiger charge is -2.24. The van der Waals surface area contributed by atoms with Gasteiger partial charge in [-0.05, 0) is 39.0 Å². The molecule has 0 bridgehead atoms. The third-order valence-electron chi connectivity index (χ3n) is 4.09. The number of nitrogen functional groups attached to an aromatic ring is 1. The summed E-state index contributed by atoms with van der Waals surface area (Å²) in [4.78, 5) is 17.8. The molecule has 0 amide bonds. The van der Waals surface area contributed by atoms with Crippen molar-refractivity contribution in [3.05, 3.63) is 0 Å². The molecule has 1 aliphatic heterocycles. The number of hydrazine groups is 1. The lowest BCUT2D eigenvalue weighted by Crippen LogP contribution is -2.30. The number of anilines is 3. The zero-order valence-electron chi connectivity index (χ0n) is 13.3. The van der Waals surface area contributed by atoms with Crippen molar-refractivity contribution in [3.8, 4) is 0 Å². The van der Waals surface area contributed by atoms with Crippen LogP contribution in [0, 0.1) is 5.92 Å². The van der Waals surface area contributed by atoms with Crippen LogP contribution in [0.1, 0.15) is 40.0 Å². The Balaban J connectivity index is 2.27.